The fourth-order valence-electron chi connectivity index (χ4n) is 2.49. The first-order valence-electron chi connectivity index (χ1n) is 7.12. The molecule has 2 aromatic heterocycles. The van der Waals surface area contributed by atoms with Gasteiger partial charge in [0.15, 0.2) is 0 Å². The normalized spacial score (nSPS) is 13.1. The number of rotatable bonds is 6. The van der Waals surface area contributed by atoms with Crippen molar-refractivity contribution >= 4 is 11.6 Å². The lowest BCUT2D eigenvalue weighted by atomic mass is 10.0. The van der Waals surface area contributed by atoms with Crippen LogP contribution in [0.15, 0.2) is 22.9 Å². The molecule has 1 atom stereocenters. The molecule has 0 saturated carbocycles. The molecule has 0 aliphatic rings. The zero-order valence-corrected chi connectivity index (χ0v) is 13.2. The summed E-state index contributed by atoms with van der Waals surface area (Å²) in [5.74, 6) is 0.989. The minimum atomic E-state index is 0.00565. The summed E-state index contributed by atoms with van der Waals surface area (Å²) in [4.78, 5) is 0. The fraction of sp³-hybridized carbons (Fsp3) is 0.533. The first-order valence-corrected chi connectivity index (χ1v) is 7.50. The predicted molar refractivity (Wildman–Crippen MR) is 81.2 cm³/mol. The van der Waals surface area contributed by atoms with Gasteiger partial charge < -0.3 is 9.73 Å². The van der Waals surface area contributed by atoms with Gasteiger partial charge in [-0.2, -0.15) is 5.10 Å². The number of aromatic nitrogens is 2. The molecular weight excluding hydrogens is 274 g/mol. The zero-order valence-electron chi connectivity index (χ0n) is 12.5. The second-order valence-electron chi connectivity index (χ2n) is 5.06. The molecule has 0 fully saturated rings. The van der Waals surface area contributed by atoms with Crippen LogP contribution in [0.1, 0.15) is 56.8 Å². The average Bonchev–Trinajstić information content (AvgIpc) is 3.02. The van der Waals surface area contributed by atoms with E-state index in [9.17, 15) is 0 Å². The minimum absolute atomic E-state index is 0.00565. The van der Waals surface area contributed by atoms with Crippen LogP contribution >= 0.6 is 11.6 Å². The van der Waals surface area contributed by atoms with E-state index in [-0.39, 0.29) is 12.1 Å². The standard InChI is InChI=1S/C15H22ClN3O/c1-5-13-11(7-8-20-13)14(17-6-2)15-12(16)9-18-19(15)10(3)4/h7-10,14,17H,5-6H2,1-4H3. The summed E-state index contributed by atoms with van der Waals surface area (Å²) in [7, 11) is 0. The average molecular weight is 296 g/mol. The van der Waals surface area contributed by atoms with E-state index in [0.29, 0.717) is 5.02 Å². The van der Waals surface area contributed by atoms with Gasteiger partial charge in [0, 0.05) is 18.0 Å². The van der Waals surface area contributed by atoms with Gasteiger partial charge >= 0.3 is 0 Å². The maximum atomic E-state index is 6.38. The van der Waals surface area contributed by atoms with Crippen LogP contribution in [0, 0.1) is 0 Å². The largest absolute Gasteiger partial charge is 0.469 e. The fourth-order valence-corrected chi connectivity index (χ4v) is 2.72. The Morgan fingerprint density at radius 1 is 1.40 bits per heavy atom. The lowest BCUT2D eigenvalue weighted by Crippen LogP contribution is -2.26. The van der Waals surface area contributed by atoms with E-state index >= 15 is 0 Å². The number of hydrogen-bond donors (Lipinski definition) is 1. The monoisotopic (exact) mass is 295 g/mol. The van der Waals surface area contributed by atoms with Gasteiger partial charge in [-0.3, -0.25) is 4.68 Å². The molecule has 0 spiro atoms. The summed E-state index contributed by atoms with van der Waals surface area (Å²) < 4.78 is 7.54. The van der Waals surface area contributed by atoms with Crippen LogP contribution < -0.4 is 5.32 Å². The third-order valence-electron chi connectivity index (χ3n) is 3.37. The zero-order chi connectivity index (χ0) is 14.7. The van der Waals surface area contributed by atoms with E-state index in [1.807, 2.05) is 10.7 Å². The van der Waals surface area contributed by atoms with E-state index in [2.05, 4.69) is 38.1 Å². The number of aryl methyl sites for hydroxylation is 1. The van der Waals surface area contributed by atoms with Gasteiger partial charge in [-0.05, 0) is 26.5 Å². The molecule has 0 aromatic carbocycles. The van der Waals surface area contributed by atoms with Crippen molar-refractivity contribution in [1.29, 1.82) is 0 Å². The molecule has 0 bridgehead atoms. The van der Waals surface area contributed by atoms with E-state index in [1.54, 1.807) is 12.5 Å². The number of hydrogen-bond acceptors (Lipinski definition) is 3. The molecule has 4 nitrogen and oxygen atoms in total. The second-order valence-corrected chi connectivity index (χ2v) is 5.47. The van der Waals surface area contributed by atoms with Crippen LogP contribution in [0.5, 0.6) is 0 Å². The molecular formula is C15H22ClN3O. The van der Waals surface area contributed by atoms with E-state index in [1.165, 1.54) is 0 Å². The molecule has 0 aliphatic carbocycles. The van der Waals surface area contributed by atoms with Gasteiger partial charge in [-0.25, -0.2) is 0 Å². The molecule has 0 saturated heterocycles. The Hall–Kier alpha value is -1.26. The van der Waals surface area contributed by atoms with Crippen LogP contribution in [0.25, 0.3) is 0 Å². The summed E-state index contributed by atoms with van der Waals surface area (Å²) >= 11 is 6.38. The Morgan fingerprint density at radius 2 is 2.15 bits per heavy atom. The summed E-state index contributed by atoms with van der Waals surface area (Å²) in [6, 6.07) is 2.28. The van der Waals surface area contributed by atoms with Crippen molar-refractivity contribution in [2.45, 2.75) is 46.2 Å². The molecule has 110 valence electrons. The highest BCUT2D eigenvalue weighted by Crippen LogP contribution is 2.32. The van der Waals surface area contributed by atoms with Crippen molar-refractivity contribution in [3.05, 3.63) is 40.6 Å². The molecule has 5 heteroatoms. The summed E-state index contributed by atoms with van der Waals surface area (Å²) in [5, 5.41) is 8.58. The highest BCUT2D eigenvalue weighted by Gasteiger charge is 2.25. The van der Waals surface area contributed by atoms with Crippen LogP contribution in [0.2, 0.25) is 5.02 Å². The van der Waals surface area contributed by atoms with Crippen molar-refractivity contribution in [2.75, 3.05) is 6.54 Å². The highest BCUT2D eigenvalue weighted by atomic mass is 35.5. The Labute approximate surface area is 125 Å². The Morgan fingerprint density at radius 3 is 2.75 bits per heavy atom. The van der Waals surface area contributed by atoms with Gasteiger partial charge in [0.25, 0.3) is 0 Å². The van der Waals surface area contributed by atoms with Crippen LogP contribution in [0.3, 0.4) is 0 Å². The van der Waals surface area contributed by atoms with E-state index < -0.39 is 0 Å². The molecule has 1 N–H and O–H groups in total. The highest BCUT2D eigenvalue weighted by molar-refractivity contribution is 6.31. The lowest BCUT2D eigenvalue weighted by Gasteiger charge is -2.21. The molecule has 1 unspecified atom stereocenters. The molecule has 0 amide bonds. The van der Waals surface area contributed by atoms with E-state index in [0.717, 1.165) is 30.0 Å². The molecule has 0 aliphatic heterocycles. The maximum absolute atomic E-state index is 6.38. The smallest absolute Gasteiger partial charge is 0.108 e. The third kappa shape index (κ3) is 2.76. The first kappa shape index (κ1) is 15.1. The maximum Gasteiger partial charge on any atom is 0.108 e. The number of halogens is 1. The van der Waals surface area contributed by atoms with Crippen LogP contribution in [-0.4, -0.2) is 16.3 Å². The Kier molecular flexibility index (Phi) is 4.89. The third-order valence-corrected chi connectivity index (χ3v) is 3.66. The Balaban J connectivity index is 2.51. The van der Waals surface area contributed by atoms with Crippen LogP contribution in [-0.2, 0) is 6.42 Å². The van der Waals surface area contributed by atoms with Crippen molar-refractivity contribution < 1.29 is 4.42 Å². The first-order chi connectivity index (χ1) is 9.60. The van der Waals surface area contributed by atoms with Crippen molar-refractivity contribution in [3.63, 3.8) is 0 Å². The van der Waals surface area contributed by atoms with Crippen molar-refractivity contribution in [3.8, 4) is 0 Å². The quantitative estimate of drug-likeness (QED) is 0.877. The van der Waals surface area contributed by atoms with Gasteiger partial charge in [-0.15, -0.1) is 0 Å². The second kappa shape index (κ2) is 6.46. The van der Waals surface area contributed by atoms with Gasteiger partial charge in [-0.1, -0.05) is 25.4 Å². The molecule has 0 radical (unpaired) electrons. The number of furan rings is 1. The topological polar surface area (TPSA) is 43.0 Å². The van der Waals surface area contributed by atoms with Gasteiger partial charge in [0.2, 0.25) is 0 Å². The minimum Gasteiger partial charge on any atom is -0.469 e. The predicted octanol–water partition coefficient (Wildman–Crippen LogP) is 3.97. The van der Waals surface area contributed by atoms with E-state index in [4.69, 9.17) is 16.0 Å². The summed E-state index contributed by atoms with van der Waals surface area (Å²) in [5.41, 5.74) is 2.14. The van der Waals surface area contributed by atoms with Gasteiger partial charge in [0.1, 0.15) is 5.76 Å². The van der Waals surface area contributed by atoms with Gasteiger partial charge in [0.05, 0.1) is 29.2 Å². The van der Waals surface area contributed by atoms with Crippen LogP contribution in [0.4, 0.5) is 0 Å². The molecule has 2 heterocycles. The molecule has 20 heavy (non-hydrogen) atoms. The Bertz CT molecular complexity index is 559. The number of nitrogens with zero attached hydrogens (tertiary/aromatic N) is 2. The van der Waals surface area contributed by atoms with Crippen molar-refractivity contribution in [2.24, 2.45) is 0 Å². The lowest BCUT2D eigenvalue weighted by molar-refractivity contribution is 0.465. The SMILES string of the molecule is CCNC(c1ccoc1CC)c1c(Cl)cnn1C(C)C. The molecule has 2 aromatic rings. The molecule has 2 rings (SSSR count). The summed E-state index contributed by atoms with van der Waals surface area (Å²) in [6.45, 7) is 9.23. The number of nitrogens with one attached hydrogen (secondary N) is 1. The summed E-state index contributed by atoms with van der Waals surface area (Å²) in [6.07, 6.45) is 4.31. The van der Waals surface area contributed by atoms with Crippen molar-refractivity contribution in [1.82, 2.24) is 15.1 Å².